The van der Waals surface area contributed by atoms with E-state index in [1.807, 2.05) is 12.1 Å². The number of ether oxygens (including phenoxy) is 3. The molecule has 0 spiro atoms. The lowest BCUT2D eigenvalue weighted by atomic mass is 10.2. The van der Waals surface area contributed by atoms with Crippen LogP contribution in [-0.4, -0.2) is 41.5 Å². The van der Waals surface area contributed by atoms with Crippen LogP contribution in [0.1, 0.15) is 22.3 Å². The van der Waals surface area contributed by atoms with E-state index in [9.17, 15) is 14.9 Å². The SMILES string of the molecule is N#Cc1cnn(-c2ccccc2)c1NC(=O)COC(=O)c1cc(Cl)c2c(c1)OCCCO2. The average molecular weight is 453 g/mol. The van der Waals surface area contributed by atoms with E-state index in [1.165, 1.54) is 23.0 Å². The maximum atomic E-state index is 12.5. The zero-order valence-corrected chi connectivity index (χ0v) is 17.5. The summed E-state index contributed by atoms with van der Waals surface area (Å²) in [7, 11) is 0. The van der Waals surface area contributed by atoms with Crippen LogP contribution in [0.3, 0.4) is 0 Å². The Hall–Kier alpha value is -4.03. The van der Waals surface area contributed by atoms with E-state index in [0.29, 0.717) is 36.8 Å². The Morgan fingerprint density at radius 2 is 2.00 bits per heavy atom. The quantitative estimate of drug-likeness (QED) is 0.590. The third-order valence-corrected chi connectivity index (χ3v) is 4.80. The first-order chi connectivity index (χ1) is 15.6. The molecule has 4 rings (SSSR count). The summed E-state index contributed by atoms with van der Waals surface area (Å²) in [6.45, 7) is 0.317. The molecule has 0 aliphatic carbocycles. The van der Waals surface area contributed by atoms with Crippen molar-refractivity contribution in [3.63, 3.8) is 0 Å². The molecule has 9 nitrogen and oxygen atoms in total. The zero-order valence-electron chi connectivity index (χ0n) is 16.7. The molecule has 1 aromatic heterocycles. The van der Waals surface area contributed by atoms with Crippen molar-refractivity contribution in [1.29, 1.82) is 5.26 Å². The van der Waals surface area contributed by atoms with Gasteiger partial charge in [0.2, 0.25) is 0 Å². The van der Waals surface area contributed by atoms with Crippen molar-refractivity contribution in [2.75, 3.05) is 25.1 Å². The van der Waals surface area contributed by atoms with Crippen LogP contribution >= 0.6 is 11.6 Å². The van der Waals surface area contributed by atoms with Crippen molar-refractivity contribution in [3.05, 3.63) is 64.8 Å². The fourth-order valence-electron chi connectivity index (χ4n) is 3.05. The van der Waals surface area contributed by atoms with Crippen LogP contribution in [0.5, 0.6) is 11.5 Å². The van der Waals surface area contributed by atoms with Crippen molar-refractivity contribution >= 4 is 29.3 Å². The Morgan fingerprint density at radius 3 is 2.78 bits per heavy atom. The van der Waals surface area contributed by atoms with Gasteiger partial charge in [0.05, 0.1) is 35.7 Å². The van der Waals surface area contributed by atoms with Gasteiger partial charge in [-0.1, -0.05) is 29.8 Å². The van der Waals surface area contributed by atoms with Gasteiger partial charge < -0.3 is 19.5 Å². The number of nitrogens with one attached hydrogen (secondary N) is 1. The second-order valence-corrected chi connectivity index (χ2v) is 7.13. The second kappa shape index (κ2) is 9.41. The van der Waals surface area contributed by atoms with Gasteiger partial charge in [0.15, 0.2) is 23.9 Å². The van der Waals surface area contributed by atoms with Crippen LogP contribution in [0, 0.1) is 11.3 Å². The van der Waals surface area contributed by atoms with Crippen LogP contribution in [0.4, 0.5) is 5.82 Å². The minimum Gasteiger partial charge on any atom is -0.489 e. The number of esters is 1. The highest BCUT2D eigenvalue weighted by Gasteiger charge is 2.21. The number of nitrogens with zero attached hydrogens (tertiary/aromatic N) is 3. The Labute approximate surface area is 188 Å². The molecule has 162 valence electrons. The number of nitriles is 1. The molecule has 0 saturated heterocycles. The minimum atomic E-state index is -0.755. The number of anilines is 1. The van der Waals surface area contributed by atoms with E-state index in [0.717, 1.165) is 0 Å². The highest BCUT2D eigenvalue weighted by molar-refractivity contribution is 6.32. The molecule has 10 heteroatoms. The van der Waals surface area contributed by atoms with Crippen molar-refractivity contribution in [3.8, 4) is 23.3 Å². The number of carbonyl (C=O) groups is 2. The normalized spacial score (nSPS) is 12.4. The summed E-state index contributed by atoms with van der Waals surface area (Å²) >= 11 is 6.20. The summed E-state index contributed by atoms with van der Waals surface area (Å²) in [4.78, 5) is 24.9. The highest BCUT2D eigenvalue weighted by atomic mass is 35.5. The Kier molecular flexibility index (Phi) is 6.24. The van der Waals surface area contributed by atoms with Gasteiger partial charge in [0.25, 0.3) is 5.91 Å². The number of hydrogen-bond acceptors (Lipinski definition) is 7. The van der Waals surface area contributed by atoms with Crippen LogP contribution < -0.4 is 14.8 Å². The summed E-state index contributed by atoms with van der Waals surface area (Å²) in [6.07, 6.45) is 2.03. The lowest BCUT2D eigenvalue weighted by molar-refractivity contribution is -0.119. The number of para-hydroxylation sites is 1. The van der Waals surface area contributed by atoms with Crippen LogP contribution in [0.25, 0.3) is 5.69 Å². The fraction of sp³-hybridized carbons (Fsp3) is 0.182. The summed E-state index contributed by atoms with van der Waals surface area (Å²) in [6, 6.07) is 13.8. The van der Waals surface area contributed by atoms with E-state index in [1.54, 1.807) is 24.3 Å². The smallest absolute Gasteiger partial charge is 0.338 e. The second-order valence-electron chi connectivity index (χ2n) is 6.73. The first-order valence-electron chi connectivity index (χ1n) is 9.66. The number of fused-ring (bicyclic) bond motifs is 1. The molecule has 2 heterocycles. The maximum absolute atomic E-state index is 12.5. The van der Waals surface area contributed by atoms with E-state index in [-0.39, 0.29) is 22.0 Å². The molecule has 0 radical (unpaired) electrons. The van der Waals surface area contributed by atoms with Crippen molar-refractivity contribution in [1.82, 2.24) is 9.78 Å². The fourth-order valence-corrected chi connectivity index (χ4v) is 3.31. The summed E-state index contributed by atoms with van der Waals surface area (Å²) in [5.74, 6) is -0.491. The van der Waals surface area contributed by atoms with Crippen molar-refractivity contribution < 1.29 is 23.8 Å². The molecular weight excluding hydrogens is 436 g/mol. The van der Waals surface area contributed by atoms with E-state index in [4.69, 9.17) is 25.8 Å². The standard InChI is InChI=1S/C22H17ClN4O5/c23-17-9-14(10-18-20(17)31-8-4-7-30-18)22(29)32-13-19(28)26-21-15(11-24)12-25-27(21)16-5-2-1-3-6-16/h1-3,5-6,9-10,12H,4,7-8,13H2,(H,26,28). The number of carbonyl (C=O) groups excluding carboxylic acids is 2. The molecule has 3 aromatic rings. The lowest BCUT2D eigenvalue weighted by Gasteiger charge is -2.12. The number of aromatic nitrogens is 2. The van der Waals surface area contributed by atoms with Crippen molar-refractivity contribution in [2.45, 2.75) is 6.42 Å². The molecule has 1 amide bonds. The molecule has 1 aliphatic heterocycles. The predicted octanol–water partition coefficient (Wildman–Crippen LogP) is 3.35. The zero-order chi connectivity index (χ0) is 22.5. The Balaban J connectivity index is 1.45. The van der Waals surface area contributed by atoms with Gasteiger partial charge in [-0.25, -0.2) is 9.48 Å². The largest absolute Gasteiger partial charge is 0.489 e. The van der Waals surface area contributed by atoms with Crippen molar-refractivity contribution in [2.24, 2.45) is 0 Å². The van der Waals surface area contributed by atoms with E-state index < -0.39 is 18.5 Å². The number of amides is 1. The molecule has 2 aromatic carbocycles. The Morgan fingerprint density at radius 1 is 1.22 bits per heavy atom. The molecule has 1 aliphatic rings. The van der Waals surface area contributed by atoms with Gasteiger partial charge in [0, 0.05) is 6.42 Å². The van der Waals surface area contributed by atoms with E-state index >= 15 is 0 Å². The maximum Gasteiger partial charge on any atom is 0.338 e. The average Bonchev–Trinajstić information content (AvgIpc) is 3.04. The van der Waals surface area contributed by atoms with Crippen LogP contribution in [-0.2, 0) is 9.53 Å². The topological polar surface area (TPSA) is 115 Å². The Bertz CT molecular complexity index is 1200. The summed E-state index contributed by atoms with van der Waals surface area (Å²) < 4.78 is 17.6. The van der Waals surface area contributed by atoms with Gasteiger partial charge in [0.1, 0.15) is 11.6 Å². The summed E-state index contributed by atoms with van der Waals surface area (Å²) in [5.41, 5.74) is 0.949. The van der Waals surface area contributed by atoms with Gasteiger partial charge in [-0.2, -0.15) is 10.4 Å². The lowest BCUT2D eigenvalue weighted by Crippen LogP contribution is -2.23. The molecule has 0 bridgehead atoms. The first kappa shape index (κ1) is 21.2. The third kappa shape index (κ3) is 4.50. The molecule has 0 fully saturated rings. The molecule has 1 N–H and O–H groups in total. The molecule has 0 unspecified atom stereocenters. The molecular formula is C22H17ClN4O5. The number of benzene rings is 2. The van der Waals surface area contributed by atoms with E-state index in [2.05, 4.69) is 10.4 Å². The van der Waals surface area contributed by atoms with Gasteiger partial charge in [-0.3, -0.25) is 4.79 Å². The van der Waals surface area contributed by atoms with Crippen LogP contribution in [0.15, 0.2) is 48.7 Å². The van der Waals surface area contributed by atoms with Gasteiger partial charge in [-0.15, -0.1) is 0 Å². The first-order valence-corrected chi connectivity index (χ1v) is 10.0. The number of halogens is 1. The molecule has 0 atom stereocenters. The number of hydrogen-bond donors (Lipinski definition) is 1. The van der Waals surface area contributed by atoms with Gasteiger partial charge >= 0.3 is 5.97 Å². The van der Waals surface area contributed by atoms with Gasteiger partial charge in [-0.05, 0) is 24.3 Å². The molecule has 0 saturated carbocycles. The molecule has 32 heavy (non-hydrogen) atoms. The third-order valence-electron chi connectivity index (χ3n) is 4.52. The minimum absolute atomic E-state index is 0.124. The monoisotopic (exact) mass is 452 g/mol. The predicted molar refractivity (Wildman–Crippen MR) is 114 cm³/mol. The van der Waals surface area contributed by atoms with Crippen LogP contribution in [0.2, 0.25) is 5.02 Å². The summed E-state index contributed by atoms with van der Waals surface area (Å²) in [5, 5.41) is 16.3. The number of rotatable bonds is 5. The highest BCUT2D eigenvalue weighted by Crippen LogP contribution is 2.38.